The summed E-state index contributed by atoms with van der Waals surface area (Å²) < 4.78 is 5.47. The molecule has 3 N–H and O–H groups in total. The SMILES string of the molecule is CCCOc1ccc(C(=O)CCC(=O)Nc2ccc(C(N)=O)c(Cl)c2)cc1. The number of amides is 2. The van der Waals surface area contributed by atoms with Crippen LogP contribution in [0.3, 0.4) is 0 Å². The van der Waals surface area contributed by atoms with E-state index in [9.17, 15) is 14.4 Å². The van der Waals surface area contributed by atoms with E-state index in [-0.39, 0.29) is 35.1 Å². The number of carbonyl (C=O) groups is 3. The monoisotopic (exact) mass is 388 g/mol. The van der Waals surface area contributed by atoms with Crippen molar-refractivity contribution < 1.29 is 19.1 Å². The number of hydrogen-bond donors (Lipinski definition) is 2. The summed E-state index contributed by atoms with van der Waals surface area (Å²) in [7, 11) is 0. The first kappa shape index (κ1) is 20.5. The van der Waals surface area contributed by atoms with Crippen molar-refractivity contribution in [1.82, 2.24) is 0 Å². The van der Waals surface area contributed by atoms with Gasteiger partial charge in [0.05, 0.1) is 17.2 Å². The molecule has 0 fully saturated rings. The number of Topliss-reactive ketones (excluding diaryl/α,β-unsaturated/α-hetero) is 1. The molecule has 0 aromatic heterocycles. The zero-order valence-electron chi connectivity index (χ0n) is 15.0. The number of anilines is 1. The first-order valence-electron chi connectivity index (χ1n) is 8.56. The Labute approximate surface area is 162 Å². The molecule has 2 aromatic rings. The molecule has 0 aliphatic carbocycles. The summed E-state index contributed by atoms with van der Waals surface area (Å²) >= 11 is 5.94. The third-order valence-corrected chi connectivity index (χ3v) is 4.06. The van der Waals surface area contributed by atoms with Crippen LogP contribution in [0, 0.1) is 0 Å². The van der Waals surface area contributed by atoms with Gasteiger partial charge in [0.25, 0.3) is 0 Å². The van der Waals surface area contributed by atoms with Gasteiger partial charge < -0.3 is 15.8 Å². The van der Waals surface area contributed by atoms with Crippen LogP contribution in [0.5, 0.6) is 5.75 Å². The highest BCUT2D eigenvalue weighted by Gasteiger charge is 2.12. The highest BCUT2D eigenvalue weighted by Crippen LogP contribution is 2.21. The first-order valence-corrected chi connectivity index (χ1v) is 8.93. The fraction of sp³-hybridized carbons (Fsp3) is 0.250. The maximum Gasteiger partial charge on any atom is 0.250 e. The number of carbonyl (C=O) groups excluding carboxylic acids is 3. The molecule has 27 heavy (non-hydrogen) atoms. The Morgan fingerprint density at radius 1 is 1.07 bits per heavy atom. The quantitative estimate of drug-likeness (QED) is 0.637. The Bertz CT molecular complexity index is 834. The Hall–Kier alpha value is -2.86. The number of nitrogens with one attached hydrogen (secondary N) is 1. The first-order chi connectivity index (χ1) is 12.9. The summed E-state index contributed by atoms with van der Waals surface area (Å²) in [6, 6.07) is 11.3. The lowest BCUT2D eigenvalue weighted by Gasteiger charge is -2.08. The predicted octanol–water partition coefficient (Wildman–Crippen LogP) is 3.83. The average Bonchev–Trinajstić information content (AvgIpc) is 2.64. The smallest absolute Gasteiger partial charge is 0.250 e. The number of nitrogens with two attached hydrogens (primary N) is 1. The van der Waals surface area contributed by atoms with Crippen molar-refractivity contribution in [3.8, 4) is 5.75 Å². The van der Waals surface area contributed by atoms with Gasteiger partial charge in [0.15, 0.2) is 5.78 Å². The third kappa shape index (κ3) is 6.11. The van der Waals surface area contributed by atoms with Gasteiger partial charge in [0, 0.05) is 24.1 Å². The standard InChI is InChI=1S/C20H21ClN2O4/c1-2-11-27-15-6-3-13(4-7-15)18(24)9-10-19(25)23-14-5-8-16(20(22)26)17(21)12-14/h3-8,12H,2,9-11H2,1H3,(H2,22,26)(H,23,25). The van der Waals surface area contributed by atoms with E-state index in [1.54, 1.807) is 24.3 Å². The second kappa shape index (κ2) is 9.73. The van der Waals surface area contributed by atoms with E-state index in [1.807, 2.05) is 6.92 Å². The van der Waals surface area contributed by atoms with E-state index in [1.165, 1.54) is 18.2 Å². The van der Waals surface area contributed by atoms with Gasteiger partial charge in [-0.05, 0) is 48.9 Å². The minimum atomic E-state index is -0.644. The minimum absolute atomic E-state index is 0.0299. The molecule has 6 nitrogen and oxygen atoms in total. The molecule has 7 heteroatoms. The molecule has 0 radical (unpaired) electrons. The van der Waals surface area contributed by atoms with Gasteiger partial charge in [-0.15, -0.1) is 0 Å². The minimum Gasteiger partial charge on any atom is -0.494 e. The third-order valence-electron chi connectivity index (χ3n) is 3.75. The second-order valence-electron chi connectivity index (χ2n) is 5.90. The molecular weight excluding hydrogens is 368 g/mol. The molecule has 0 atom stereocenters. The van der Waals surface area contributed by atoms with E-state index < -0.39 is 5.91 Å². The lowest BCUT2D eigenvalue weighted by atomic mass is 10.1. The molecule has 142 valence electrons. The maximum absolute atomic E-state index is 12.2. The van der Waals surface area contributed by atoms with Gasteiger partial charge in [-0.25, -0.2) is 0 Å². The molecule has 0 bridgehead atoms. The molecule has 0 aliphatic rings. The highest BCUT2D eigenvalue weighted by atomic mass is 35.5. The fourth-order valence-electron chi connectivity index (χ4n) is 2.34. The van der Waals surface area contributed by atoms with Gasteiger partial charge in [0.2, 0.25) is 11.8 Å². The van der Waals surface area contributed by atoms with Crippen LogP contribution in [0.1, 0.15) is 46.9 Å². The van der Waals surface area contributed by atoms with Crippen LogP contribution < -0.4 is 15.8 Å². The number of ether oxygens (including phenoxy) is 1. The zero-order chi connectivity index (χ0) is 19.8. The van der Waals surface area contributed by atoms with E-state index in [0.717, 1.165) is 6.42 Å². The molecule has 0 unspecified atom stereocenters. The number of rotatable bonds is 9. The van der Waals surface area contributed by atoms with Gasteiger partial charge in [0.1, 0.15) is 5.75 Å². The molecule has 0 saturated heterocycles. The van der Waals surface area contributed by atoms with Crippen molar-refractivity contribution >= 4 is 34.9 Å². The van der Waals surface area contributed by atoms with E-state index >= 15 is 0 Å². The summed E-state index contributed by atoms with van der Waals surface area (Å²) in [5.41, 5.74) is 6.32. The number of benzene rings is 2. The van der Waals surface area contributed by atoms with Crippen LogP contribution in [0.25, 0.3) is 0 Å². The van der Waals surface area contributed by atoms with Crippen molar-refractivity contribution in [1.29, 1.82) is 0 Å². The van der Waals surface area contributed by atoms with Crippen LogP contribution in [0.2, 0.25) is 5.02 Å². The molecular formula is C20H21ClN2O4. The van der Waals surface area contributed by atoms with Crippen molar-refractivity contribution in [2.75, 3.05) is 11.9 Å². The number of hydrogen-bond acceptors (Lipinski definition) is 4. The predicted molar refractivity (Wildman–Crippen MR) is 104 cm³/mol. The van der Waals surface area contributed by atoms with Gasteiger partial charge >= 0.3 is 0 Å². The van der Waals surface area contributed by atoms with Crippen LogP contribution in [0.4, 0.5) is 5.69 Å². The number of halogens is 1. The summed E-state index contributed by atoms with van der Waals surface area (Å²) in [6.07, 6.45) is 1.02. The maximum atomic E-state index is 12.2. The molecule has 2 aromatic carbocycles. The van der Waals surface area contributed by atoms with Crippen molar-refractivity contribution in [3.63, 3.8) is 0 Å². The Kier molecular flexibility index (Phi) is 7.37. The Morgan fingerprint density at radius 3 is 2.37 bits per heavy atom. The van der Waals surface area contributed by atoms with E-state index in [2.05, 4.69) is 5.32 Å². The summed E-state index contributed by atoms with van der Waals surface area (Å²) in [5, 5.41) is 2.79. The van der Waals surface area contributed by atoms with Gasteiger partial charge in [-0.3, -0.25) is 14.4 Å². The topological polar surface area (TPSA) is 98.5 Å². The van der Waals surface area contributed by atoms with Crippen molar-refractivity contribution in [3.05, 3.63) is 58.6 Å². The summed E-state index contributed by atoms with van der Waals surface area (Å²) in [4.78, 5) is 35.4. The molecule has 0 aliphatic heterocycles. The molecule has 2 rings (SSSR count). The van der Waals surface area contributed by atoms with Crippen molar-refractivity contribution in [2.24, 2.45) is 5.73 Å². The van der Waals surface area contributed by atoms with Gasteiger partial charge in [-0.1, -0.05) is 18.5 Å². The fourth-order valence-corrected chi connectivity index (χ4v) is 2.62. The number of primary amides is 1. The number of ketones is 1. The lowest BCUT2D eigenvalue weighted by Crippen LogP contribution is -2.15. The van der Waals surface area contributed by atoms with Crippen LogP contribution in [0.15, 0.2) is 42.5 Å². The summed E-state index contributed by atoms with van der Waals surface area (Å²) in [5.74, 6) is -0.388. The van der Waals surface area contributed by atoms with Gasteiger partial charge in [-0.2, -0.15) is 0 Å². The molecule has 0 saturated carbocycles. The normalized spacial score (nSPS) is 10.3. The molecule has 0 heterocycles. The van der Waals surface area contributed by atoms with Crippen LogP contribution in [-0.2, 0) is 4.79 Å². The lowest BCUT2D eigenvalue weighted by molar-refractivity contribution is -0.116. The van der Waals surface area contributed by atoms with Crippen LogP contribution >= 0.6 is 11.6 Å². The van der Waals surface area contributed by atoms with Crippen LogP contribution in [-0.4, -0.2) is 24.2 Å². The summed E-state index contributed by atoms with van der Waals surface area (Å²) in [6.45, 7) is 2.64. The van der Waals surface area contributed by atoms with Crippen molar-refractivity contribution in [2.45, 2.75) is 26.2 Å². The molecule has 2 amide bonds. The second-order valence-corrected chi connectivity index (χ2v) is 6.31. The Morgan fingerprint density at radius 2 is 1.78 bits per heavy atom. The van der Waals surface area contributed by atoms with E-state index in [4.69, 9.17) is 22.1 Å². The Balaban J connectivity index is 1.86. The largest absolute Gasteiger partial charge is 0.494 e. The zero-order valence-corrected chi connectivity index (χ0v) is 15.7. The molecule has 0 spiro atoms. The van der Waals surface area contributed by atoms with E-state index in [0.29, 0.717) is 23.6 Å². The average molecular weight is 389 g/mol. The highest BCUT2D eigenvalue weighted by molar-refractivity contribution is 6.34.